The second-order valence-corrected chi connectivity index (χ2v) is 3.90. The van der Waals surface area contributed by atoms with Crippen molar-refractivity contribution in [2.24, 2.45) is 0 Å². The molecular weight excluding hydrogens is 237 g/mol. The van der Waals surface area contributed by atoms with E-state index in [1.54, 1.807) is 6.07 Å². The lowest BCUT2D eigenvalue weighted by Crippen LogP contribution is -2.06. The summed E-state index contributed by atoms with van der Waals surface area (Å²) in [5, 5.41) is 11.7. The smallest absolute Gasteiger partial charge is 0.340 e. The molecule has 0 aromatic heterocycles. The molecule has 2 N–H and O–H groups in total. The fourth-order valence-corrected chi connectivity index (χ4v) is 1.55. The number of hydrogen-bond acceptors (Lipinski definition) is 4. The van der Waals surface area contributed by atoms with Crippen LogP contribution in [-0.2, 0) is 4.74 Å². The van der Waals surface area contributed by atoms with Crippen LogP contribution in [0.15, 0.2) is 18.2 Å². The van der Waals surface area contributed by atoms with Crippen molar-refractivity contribution in [1.29, 1.82) is 0 Å². The van der Waals surface area contributed by atoms with E-state index in [2.05, 4.69) is 10.1 Å². The molecule has 1 rings (SSSR count). The lowest BCUT2D eigenvalue weighted by molar-refractivity contribution is 0.0595. The van der Waals surface area contributed by atoms with Gasteiger partial charge in [0, 0.05) is 18.8 Å². The molecular formula is C13H18FNO3. The number of benzene rings is 1. The Balaban J connectivity index is 2.49. The van der Waals surface area contributed by atoms with E-state index in [1.807, 2.05) is 0 Å². The van der Waals surface area contributed by atoms with Gasteiger partial charge in [0.2, 0.25) is 0 Å². The van der Waals surface area contributed by atoms with Crippen molar-refractivity contribution < 1.29 is 19.0 Å². The number of rotatable bonds is 7. The van der Waals surface area contributed by atoms with Crippen LogP contribution in [0.25, 0.3) is 0 Å². The summed E-state index contributed by atoms with van der Waals surface area (Å²) in [6.45, 7) is 0.902. The van der Waals surface area contributed by atoms with Gasteiger partial charge in [0.1, 0.15) is 5.82 Å². The van der Waals surface area contributed by atoms with Gasteiger partial charge in [-0.15, -0.1) is 0 Å². The van der Waals surface area contributed by atoms with Crippen LogP contribution in [0, 0.1) is 5.82 Å². The van der Waals surface area contributed by atoms with Crippen LogP contribution in [0.2, 0.25) is 0 Å². The number of hydrogen-bond donors (Lipinski definition) is 2. The highest BCUT2D eigenvalue weighted by Gasteiger charge is 2.11. The zero-order valence-corrected chi connectivity index (χ0v) is 10.4. The summed E-state index contributed by atoms with van der Waals surface area (Å²) in [6, 6.07) is 4.32. The highest BCUT2D eigenvalue weighted by atomic mass is 19.1. The third-order valence-electron chi connectivity index (χ3n) is 2.54. The number of halogens is 1. The summed E-state index contributed by atoms with van der Waals surface area (Å²) in [5.74, 6) is -1.27. The minimum atomic E-state index is -0.679. The van der Waals surface area contributed by atoms with Crippen LogP contribution in [0.5, 0.6) is 0 Å². The number of anilines is 1. The molecule has 18 heavy (non-hydrogen) atoms. The average Bonchev–Trinajstić information content (AvgIpc) is 2.38. The van der Waals surface area contributed by atoms with Gasteiger partial charge in [0.25, 0.3) is 0 Å². The number of ether oxygens (including phenoxy) is 1. The molecule has 4 nitrogen and oxygen atoms in total. The molecule has 0 aliphatic heterocycles. The molecule has 0 spiro atoms. The molecule has 0 aliphatic carbocycles. The Morgan fingerprint density at radius 1 is 1.39 bits per heavy atom. The van der Waals surface area contributed by atoms with E-state index in [1.165, 1.54) is 19.2 Å². The maximum Gasteiger partial charge on any atom is 0.340 e. The predicted octanol–water partition coefficient (Wildman–Crippen LogP) is 2.19. The van der Waals surface area contributed by atoms with E-state index in [0.29, 0.717) is 12.2 Å². The maximum atomic E-state index is 13.5. The van der Waals surface area contributed by atoms with E-state index in [9.17, 15) is 9.18 Å². The van der Waals surface area contributed by atoms with Crippen molar-refractivity contribution in [2.75, 3.05) is 25.6 Å². The first-order chi connectivity index (χ1) is 8.69. The average molecular weight is 255 g/mol. The Kier molecular flexibility index (Phi) is 6.14. The molecule has 0 unspecified atom stereocenters. The molecule has 0 amide bonds. The lowest BCUT2D eigenvalue weighted by atomic mass is 10.2. The molecule has 1 aromatic rings. The van der Waals surface area contributed by atoms with E-state index in [4.69, 9.17) is 5.11 Å². The topological polar surface area (TPSA) is 58.6 Å². The minimum absolute atomic E-state index is 0.0664. The number of carbonyl (C=O) groups excluding carboxylic acids is 1. The van der Waals surface area contributed by atoms with Gasteiger partial charge in [0.15, 0.2) is 0 Å². The molecule has 0 atom stereocenters. The first-order valence-corrected chi connectivity index (χ1v) is 5.91. The largest absolute Gasteiger partial charge is 0.465 e. The molecule has 5 heteroatoms. The van der Waals surface area contributed by atoms with Crippen molar-refractivity contribution in [3.8, 4) is 0 Å². The Hall–Kier alpha value is -1.62. The molecule has 0 fully saturated rings. The van der Waals surface area contributed by atoms with Crippen LogP contribution in [0.4, 0.5) is 10.1 Å². The highest BCUT2D eigenvalue weighted by molar-refractivity contribution is 5.90. The first kappa shape index (κ1) is 14.4. The standard InChI is InChI=1S/C13H18FNO3/c1-18-13(17)11-6-5-10(9-12(11)14)15-7-3-2-4-8-16/h5-6,9,15-16H,2-4,7-8H2,1H3. The summed E-state index contributed by atoms with van der Waals surface area (Å²) in [5.41, 5.74) is 0.562. The van der Waals surface area contributed by atoms with Crippen LogP contribution < -0.4 is 5.32 Å². The summed E-state index contributed by atoms with van der Waals surface area (Å²) < 4.78 is 18.0. The van der Waals surface area contributed by atoms with Gasteiger partial charge >= 0.3 is 5.97 Å². The van der Waals surface area contributed by atoms with E-state index < -0.39 is 11.8 Å². The molecule has 0 radical (unpaired) electrons. The molecule has 100 valence electrons. The SMILES string of the molecule is COC(=O)c1ccc(NCCCCCO)cc1F. The zero-order valence-electron chi connectivity index (χ0n) is 10.4. The van der Waals surface area contributed by atoms with Gasteiger partial charge in [-0.2, -0.15) is 0 Å². The van der Waals surface area contributed by atoms with Crippen LogP contribution >= 0.6 is 0 Å². The van der Waals surface area contributed by atoms with Gasteiger partial charge in [0.05, 0.1) is 12.7 Å². The Labute approximate surface area is 106 Å². The number of unbranched alkanes of at least 4 members (excludes halogenated alkanes) is 2. The number of carbonyl (C=O) groups is 1. The number of aliphatic hydroxyl groups excluding tert-OH is 1. The van der Waals surface area contributed by atoms with Gasteiger partial charge in [-0.1, -0.05) is 0 Å². The van der Waals surface area contributed by atoms with E-state index in [0.717, 1.165) is 19.3 Å². The van der Waals surface area contributed by atoms with Crippen molar-refractivity contribution in [1.82, 2.24) is 0 Å². The number of aliphatic hydroxyl groups is 1. The third-order valence-corrected chi connectivity index (χ3v) is 2.54. The minimum Gasteiger partial charge on any atom is -0.465 e. The fraction of sp³-hybridized carbons (Fsp3) is 0.462. The number of esters is 1. The molecule has 0 heterocycles. The third kappa shape index (κ3) is 4.33. The monoisotopic (exact) mass is 255 g/mol. The Morgan fingerprint density at radius 2 is 2.17 bits per heavy atom. The van der Waals surface area contributed by atoms with Crippen molar-refractivity contribution in [3.63, 3.8) is 0 Å². The van der Waals surface area contributed by atoms with Crippen LogP contribution in [0.3, 0.4) is 0 Å². The van der Waals surface area contributed by atoms with E-state index in [-0.39, 0.29) is 12.2 Å². The van der Waals surface area contributed by atoms with Crippen LogP contribution in [0.1, 0.15) is 29.6 Å². The summed E-state index contributed by atoms with van der Waals surface area (Å²) in [4.78, 5) is 11.2. The van der Waals surface area contributed by atoms with Crippen molar-refractivity contribution >= 4 is 11.7 Å². The Bertz CT molecular complexity index is 396. The van der Waals surface area contributed by atoms with Gasteiger partial charge < -0.3 is 15.2 Å². The van der Waals surface area contributed by atoms with Gasteiger partial charge in [-0.3, -0.25) is 0 Å². The number of methoxy groups -OCH3 is 1. The molecule has 1 aromatic carbocycles. The molecule has 0 bridgehead atoms. The normalized spacial score (nSPS) is 10.2. The second kappa shape index (κ2) is 7.66. The Morgan fingerprint density at radius 3 is 2.78 bits per heavy atom. The summed E-state index contributed by atoms with van der Waals surface area (Å²) >= 11 is 0. The quantitative estimate of drug-likeness (QED) is 0.579. The fourth-order valence-electron chi connectivity index (χ4n) is 1.55. The highest BCUT2D eigenvalue weighted by Crippen LogP contribution is 2.15. The van der Waals surface area contributed by atoms with Crippen molar-refractivity contribution in [2.45, 2.75) is 19.3 Å². The molecule has 0 aliphatic rings. The summed E-state index contributed by atoms with van der Waals surface area (Å²) in [7, 11) is 1.22. The van der Waals surface area contributed by atoms with Crippen molar-refractivity contribution in [3.05, 3.63) is 29.6 Å². The van der Waals surface area contributed by atoms with Gasteiger partial charge in [-0.25, -0.2) is 9.18 Å². The summed E-state index contributed by atoms with van der Waals surface area (Å²) in [6.07, 6.45) is 2.60. The second-order valence-electron chi connectivity index (χ2n) is 3.90. The lowest BCUT2D eigenvalue weighted by Gasteiger charge is -2.07. The van der Waals surface area contributed by atoms with Crippen LogP contribution in [-0.4, -0.2) is 31.3 Å². The first-order valence-electron chi connectivity index (χ1n) is 5.91. The molecule has 0 saturated carbocycles. The zero-order chi connectivity index (χ0) is 13.4. The van der Waals surface area contributed by atoms with E-state index >= 15 is 0 Å². The molecule has 0 saturated heterocycles. The maximum absolute atomic E-state index is 13.5. The van der Waals surface area contributed by atoms with Gasteiger partial charge in [-0.05, 0) is 37.5 Å². The number of nitrogens with one attached hydrogen (secondary N) is 1. The predicted molar refractivity (Wildman–Crippen MR) is 67.2 cm³/mol.